The fraction of sp³-hybridized carbons (Fsp3) is 1.00. The van der Waals surface area contributed by atoms with Crippen LogP contribution in [0.5, 0.6) is 0 Å². The topological polar surface area (TPSA) is 44.8 Å². The Kier molecular flexibility index (Phi) is 33.0. The van der Waals surface area contributed by atoms with E-state index in [1.165, 1.54) is 19.3 Å². The molecule has 0 aromatic carbocycles. The van der Waals surface area contributed by atoms with Crippen molar-refractivity contribution < 1.29 is 17.5 Å². The molecule has 8 heteroatoms. The van der Waals surface area contributed by atoms with Crippen molar-refractivity contribution in [1.82, 2.24) is 0 Å². The second-order valence-corrected chi connectivity index (χ2v) is 42.1. The Bertz CT molecular complexity index is 944. The van der Waals surface area contributed by atoms with Gasteiger partial charge in [-0.05, 0) is 0 Å². The summed E-state index contributed by atoms with van der Waals surface area (Å²) in [6, 6.07) is 0. The summed E-state index contributed by atoms with van der Waals surface area (Å²) in [5, 5.41) is 0. The average Bonchev–Trinajstić information content (AvgIpc) is 3.22. The summed E-state index contributed by atoms with van der Waals surface area (Å²) >= 11 is 0. The van der Waals surface area contributed by atoms with Crippen molar-refractivity contribution >= 4 is 28.3 Å². The van der Waals surface area contributed by atoms with Crippen LogP contribution in [0.15, 0.2) is 0 Å². The van der Waals surface area contributed by atoms with E-state index in [0.717, 1.165) is 209 Å². The van der Waals surface area contributed by atoms with Crippen molar-refractivity contribution in [1.29, 1.82) is 0 Å². The molecule has 4 nitrogen and oxygen atoms in total. The molecule has 0 fully saturated rings. The van der Waals surface area contributed by atoms with Gasteiger partial charge >= 0.3 is 395 Å². The summed E-state index contributed by atoms with van der Waals surface area (Å²) in [5.41, 5.74) is 0. The normalized spacial score (nSPS) is 16.0. The molecule has 0 amide bonds. The molecule has 0 aliphatic rings. The third-order valence-electron chi connectivity index (χ3n) is 15.2. The van der Waals surface area contributed by atoms with Crippen molar-refractivity contribution in [3.05, 3.63) is 0 Å². The van der Waals surface area contributed by atoms with Crippen LogP contribution >= 0.6 is 28.3 Å². The molecule has 0 bridgehead atoms. The number of hydrogen-bond acceptors (Lipinski definition) is 4. The SMILES string of the molecule is CCCCP(CCCC)(CCCC)(CCCC(C)C)OP(=O)(OP(CCCC)(CCCC)(CCCC)CCCC(C)C)OP(CCCC)(CCCC)(CCCC)CCCC(C)C. The molecular weight excluding hydrogens is 836 g/mol. The molecule has 0 aliphatic carbocycles. The number of rotatable bonds is 45. The molecule has 380 valence electrons. The fourth-order valence-electron chi connectivity index (χ4n) is 11.1. The molecule has 0 unspecified atom stereocenters. The summed E-state index contributed by atoms with van der Waals surface area (Å²) < 4.78 is 43.6. The van der Waals surface area contributed by atoms with Crippen LogP contribution in [0, 0.1) is 17.8 Å². The standard InChI is InChI=1S/C54H120O4P4/c1-16-25-40-60(41-26-17-2,42-27-18-3,49-34-37-52(10)11)56-59(55,57-61(43-28-19-4,44-29-20-5,45-30-21-6)50-35-38-53(12)13)58-62(46-31-22-7,47-32-23-8,48-33-24-9)51-36-39-54(14)15/h52-54H,16-51H2,1-15H3. The minimum absolute atomic E-state index is 0.641. The van der Waals surface area contributed by atoms with Crippen LogP contribution in [0.3, 0.4) is 0 Å². The zero-order chi connectivity index (χ0) is 47.2. The molecule has 0 spiro atoms. The molecule has 0 saturated carbocycles. The van der Waals surface area contributed by atoms with Gasteiger partial charge in [-0.3, -0.25) is 0 Å². The van der Waals surface area contributed by atoms with Gasteiger partial charge in [-0.15, -0.1) is 0 Å². The quantitative estimate of drug-likeness (QED) is 0.0571. The van der Waals surface area contributed by atoms with Gasteiger partial charge in [-0.2, -0.15) is 0 Å². The van der Waals surface area contributed by atoms with Crippen molar-refractivity contribution in [3.8, 4) is 0 Å². The Morgan fingerprint density at radius 1 is 0.290 bits per heavy atom. The Labute approximate surface area is 393 Å². The van der Waals surface area contributed by atoms with Gasteiger partial charge in [0.05, 0.1) is 0 Å². The maximum atomic E-state index is 18.1. The van der Waals surface area contributed by atoms with Gasteiger partial charge in [0, 0.05) is 0 Å². The monoisotopic (exact) mass is 957 g/mol. The van der Waals surface area contributed by atoms with Crippen LogP contribution in [-0.2, 0) is 17.5 Å². The first-order valence-electron chi connectivity index (χ1n) is 28.1. The third-order valence-corrected chi connectivity index (χ3v) is 40.5. The van der Waals surface area contributed by atoms with Crippen LogP contribution in [0.4, 0.5) is 0 Å². The second kappa shape index (κ2) is 32.3. The van der Waals surface area contributed by atoms with E-state index in [2.05, 4.69) is 104 Å². The van der Waals surface area contributed by atoms with E-state index >= 15 is 4.57 Å². The third kappa shape index (κ3) is 22.2. The van der Waals surface area contributed by atoms with Crippen LogP contribution in [0.2, 0.25) is 0 Å². The van der Waals surface area contributed by atoms with Gasteiger partial charge in [-0.25, -0.2) is 0 Å². The van der Waals surface area contributed by atoms with Crippen molar-refractivity contribution in [2.24, 2.45) is 17.8 Å². The Morgan fingerprint density at radius 3 is 0.565 bits per heavy atom. The van der Waals surface area contributed by atoms with Gasteiger partial charge in [0.1, 0.15) is 0 Å². The molecule has 0 saturated heterocycles. The minimum atomic E-state index is -4.16. The summed E-state index contributed by atoms with van der Waals surface area (Å²) in [4.78, 5) is 0. The van der Waals surface area contributed by atoms with Crippen LogP contribution in [0.25, 0.3) is 0 Å². The Balaban J connectivity index is 9.24. The molecule has 0 atom stereocenters. The molecule has 0 N–H and O–H groups in total. The van der Waals surface area contributed by atoms with Crippen LogP contribution in [-0.4, -0.2) is 73.9 Å². The predicted octanol–water partition coefficient (Wildman–Crippen LogP) is 21.1. The summed E-state index contributed by atoms with van der Waals surface area (Å²) in [6.45, 7) is 26.2. The first kappa shape index (κ1) is 63.4. The molecule has 0 aromatic rings. The summed E-state index contributed by atoms with van der Waals surface area (Å²) in [7, 11) is -4.16. The molecular formula is C54H120O4P4. The fourth-order valence-corrected chi connectivity index (χ4v) is 40.0. The number of phosphoric acid groups is 1. The molecule has 62 heavy (non-hydrogen) atoms. The first-order chi connectivity index (χ1) is 29.4. The average molecular weight is 957 g/mol. The molecule has 0 heterocycles. The van der Waals surface area contributed by atoms with Crippen LogP contribution in [0.1, 0.15) is 258 Å². The Morgan fingerprint density at radius 2 is 0.435 bits per heavy atom. The van der Waals surface area contributed by atoms with E-state index in [1.54, 1.807) is 0 Å². The maximum absolute atomic E-state index is 18.1. The predicted molar refractivity (Wildman–Crippen MR) is 296 cm³/mol. The van der Waals surface area contributed by atoms with Gasteiger partial charge in [0.25, 0.3) is 0 Å². The zero-order valence-corrected chi connectivity index (χ0v) is 49.2. The van der Waals surface area contributed by atoms with Crippen molar-refractivity contribution in [2.45, 2.75) is 258 Å². The Hall–Kier alpha value is 1.40. The van der Waals surface area contributed by atoms with Gasteiger partial charge in [0.2, 0.25) is 0 Å². The van der Waals surface area contributed by atoms with E-state index in [-0.39, 0.29) is 0 Å². The van der Waals surface area contributed by atoms with Gasteiger partial charge in [0.15, 0.2) is 0 Å². The van der Waals surface area contributed by atoms with E-state index in [9.17, 15) is 0 Å². The number of hydrogen-bond donors (Lipinski definition) is 0. The van der Waals surface area contributed by atoms with Crippen molar-refractivity contribution in [2.75, 3.05) is 73.9 Å². The molecule has 0 radical (unpaired) electrons. The second-order valence-electron chi connectivity index (χ2n) is 22.7. The van der Waals surface area contributed by atoms with E-state index in [1.807, 2.05) is 0 Å². The van der Waals surface area contributed by atoms with Crippen molar-refractivity contribution in [3.63, 3.8) is 0 Å². The van der Waals surface area contributed by atoms with Gasteiger partial charge in [-0.1, -0.05) is 0 Å². The summed E-state index contributed by atoms with van der Waals surface area (Å²) in [5.74, 6) is 1.92. The molecule has 0 aromatic heterocycles. The first-order valence-corrected chi connectivity index (χ1v) is 38.3. The van der Waals surface area contributed by atoms with Crippen LogP contribution < -0.4 is 0 Å². The molecule has 0 aliphatic heterocycles. The van der Waals surface area contributed by atoms with Gasteiger partial charge < -0.3 is 0 Å². The van der Waals surface area contributed by atoms with E-state index in [4.69, 9.17) is 12.9 Å². The van der Waals surface area contributed by atoms with E-state index in [0.29, 0.717) is 17.8 Å². The number of unbranched alkanes of at least 4 members (excludes halogenated alkanes) is 9. The zero-order valence-electron chi connectivity index (χ0n) is 45.6. The van der Waals surface area contributed by atoms with E-state index < -0.39 is 28.3 Å². The summed E-state index contributed by atoms with van der Waals surface area (Å²) in [6.07, 6.45) is 40.7. The molecule has 0 rings (SSSR count).